The number of benzene rings is 2. The average Bonchev–Trinajstić information content (AvgIpc) is 3.23. The molecule has 1 atom stereocenters. The number of ether oxygens (including phenoxy) is 2. The Balaban J connectivity index is 1.94. The molecule has 0 aliphatic rings. The number of carboxylic acid groups (broad SMARTS) is 1. The van der Waals surface area contributed by atoms with E-state index < -0.39 is 17.2 Å². The third kappa shape index (κ3) is 5.00. The molecule has 0 radical (unpaired) electrons. The van der Waals surface area contributed by atoms with Gasteiger partial charge in [-0.25, -0.2) is 14.1 Å². The first kappa shape index (κ1) is 22.6. The van der Waals surface area contributed by atoms with E-state index in [2.05, 4.69) is 11.6 Å². The van der Waals surface area contributed by atoms with Crippen molar-refractivity contribution in [1.82, 2.24) is 4.98 Å². The van der Waals surface area contributed by atoms with E-state index in [-0.39, 0.29) is 22.8 Å². The van der Waals surface area contributed by atoms with Crippen LogP contribution >= 0.6 is 11.3 Å². The van der Waals surface area contributed by atoms with E-state index in [1.54, 1.807) is 12.5 Å². The molecule has 0 amide bonds. The lowest BCUT2D eigenvalue weighted by atomic mass is 10.1. The Morgan fingerprint density at radius 2 is 1.90 bits per heavy atom. The van der Waals surface area contributed by atoms with Crippen molar-refractivity contribution in [2.45, 2.75) is 0 Å². The Hall–Kier alpha value is -3.05. The topological polar surface area (TPSA) is 112 Å². The van der Waals surface area contributed by atoms with Crippen molar-refractivity contribution >= 4 is 45.7 Å². The molecular weight excluding hydrogens is 440 g/mol. The molecule has 3 aromatic rings. The van der Waals surface area contributed by atoms with E-state index in [1.165, 1.54) is 36.6 Å². The first-order valence-corrected chi connectivity index (χ1v) is 10.8. The van der Waals surface area contributed by atoms with Crippen molar-refractivity contribution in [2.75, 3.05) is 25.1 Å². The number of anilines is 2. The number of thiazole rings is 1. The molecule has 31 heavy (non-hydrogen) atoms. The lowest BCUT2D eigenvalue weighted by Gasteiger charge is -2.25. The van der Waals surface area contributed by atoms with Gasteiger partial charge in [0.25, 0.3) is 0 Å². The summed E-state index contributed by atoms with van der Waals surface area (Å²) >= 11 is -1.43. The SMILES string of the molecule is C=C(COC)c1ccc(-c2nc(N(c3ccc(C(=O)O)cc3OC)S(=O)[O-])cs2)cc1. The Morgan fingerprint density at radius 3 is 2.48 bits per heavy atom. The average molecular weight is 460 g/mol. The largest absolute Gasteiger partial charge is 0.755 e. The highest BCUT2D eigenvalue weighted by Gasteiger charge is 2.20. The van der Waals surface area contributed by atoms with Gasteiger partial charge in [0, 0.05) is 18.1 Å². The molecule has 1 unspecified atom stereocenters. The van der Waals surface area contributed by atoms with Gasteiger partial charge < -0.3 is 19.1 Å². The monoisotopic (exact) mass is 459 g/mol. The fourth-order valence-electron chi connectivity index (χ4n) is 2.86. The molecule has 0 bridgehead atoms. The van der Waals surface area contributed by atoms with Gasteiger partial charge in [-0.1, -0.05) is 30.8 Å². The summed E-state index contributed by atoms with van der Waals surface area (Å²) < 4.78 is 35.3. The van der Waals surface area contributed by atoms with Crippen molar-refractivity contribution in [2.24, 2.45) is 0 Å². The number of nitrogens with zero attached hydrogens (tertiary/aromatic N) is 2. The number of hydrogen-bond donors (Lipinski definition) is 1. The number of methoxy groups -OCH3 is 2. The minimum Gasteiger partial charge on any atom is -0.755 e. The number of aromatic carboxylic acids is 1. The zero-order valence-corrected chi connectivity index (χ0v) is 18.4. The smallest absolute Gasteiger partial charge is 0.335 e. The minimum atomic E-state index is -2.72. The van der Waals surface area contributed by atoms with E-state index in [9.17, 15) is 13.6 Å². The third-order valence-corrected chi connectivity index (χ3v) is 5.91. The van der Waals surface area contributed by atoms with Crippen LogP contribution in [0, 0.1) is 0 Å². The normalized spacial score (nSPS) is 11.7. The van der Waals surface area contributed by atoms with Crippen LogP contribution in [-0.4, -0.2) is 45.6 Å². The summed E-state index contributed by atoms with van der Waals surface area (Å²) in [5.74, 6) is -0.880. The Labute approximate surface area is 185 Å². The molecule has 0 saturated heterocycles. The second-order valence-corrected chi connectivity index (χ2v) is 7.99. The molecule has 1 N–H and O–H groups in total. The Morgan fingerprint density at radius 1 is 1.23 bits per heavy atom. The van der Waals surface area contributed by atoms with Crippen LogP contribution in [0.5, 0.6) is 5.75 Å². The molecule has 0 aliphatic carbocycles. The molecule has 0 fully saturated rings. The zero-order chi connectivity index (χ0) is 22.5. The van der Waals surface area contributed by atoms with Gasteiger partial charge in [-0.05, 0) is 29.3 Å². The molecule has 1 heterocycles. The zero-order valence-electron chi connectivity index (χ0n) is 16.7. The van der Waals surface area contributed by atoms with Gasteiger partial charge in [0.15, 0.2) is 5.82 Å². The summed E-state index contributed by atoms with van der Waals surface area (Å²) in [6.07, 6.45) is 0. The van der Waals surface area contributed by atoms with Gasteiger partial charge in [0.1, 0.15) is 10.8 Å². The van der Waals surface area contributed by atoms with Gasteiger partial charge in [0.2, 0.25) is 0 Å². The molecule has 1 aromatic heterocycles. The third-order valence-electron chi connectivity index (χ3n) is 4.35. The maximum absolute atomic E-state index is 12.0. The van der Waals surface area contributed by atoms with Crippen molar-refractivity contribution in [3.63, 3.8) is 0 Å². The van der Waals surface area contributed by atoms with E-state index in [0.717, 1.165) is 21.0 Å². The fraction of sp³-hybridized carbons (Fsp3) is 0.143. The highest BCUT2D eigenvalue weighted by atomic mass is 32.2. The second kappa shape index (κ2) is 9.84. The van der Waals surface area contributed by atoms with Crippen molar-refractivity contribution in [1.29, 1.82) is 0 Å². The lowest BCUT2D eigenvalue weighted by Crippen LogP contribution is -2.20. The Bertz CT molecular complexity index is 1130. The van der Waals surface area contributed by atoms with E-state index in [4.69, 9.17) is 14.6 Å². The van der Waals surface area contributed by atoms with Crippen molar-refractivity contribution in [3.8, 4) is 16.3 Å². The second-order valence-electron chi connectivity index (χ2n) is 6.33. The number of aromatic nitrogens is 1. The van der Waals surface area contributed by atoms with E-state index in [0.29, 0.717) is 11.6 Å². The number of carboxylic acids is 1. The molecule has 162 valence electrons. The van der Waals surface area contributed by atoms with Crippen LogP contribution in [0.1, 0.15) is 15.9 Å². The summed E-state index contributed by atoms with van der Waals surface area (Å²) in [5.41, 5.74) is 2.73. The van der Waals surface area contributed by atoms with Gasteiger partial charge in [-0.15, -0.1) is 11.3 Å². The first-order chi connectivity index (χ1) is 14.8. The van der Waals surface area contributed by atoms with Gasteiger partial charge in [-0.2, -0.15) is 0 Å². The van der Waals surface area contributed by atoms with Crippen LogP contribution in [0.3, 0.4) is 0 Å². The quantitative estimate of drug-likeness (QED) is 0.479. The molecular formula is C21H19N2O6S2-. The van der Waals surface area contributed by atoms with E-state index >= 15 is 0 Å². The maximum atomic E-state index is 12.0. The lowest BCUT2D eigenvalue weighted by molar-refractivity contribution is 0.0696. The van der Waals surface area contributed by atoms with Crippen LogP contribution in [0.4, 0.5) is 11.5 Å². The molecule has 8 nitrogen and oxygen atoms in total. The maximum Gasteiger partial charge on any atom is 0.335 e. The standard InChI is InChI=1S/C21H20N2O6S2/c1-13(11-28-2)14-4-6-15(7-5-14)20-22-19(12-30-20)23(31(26)27)17-9-8-16(21(24)25)10-18(17)29-3/h4-10,12H,1,11H2,2-3H3,(H,24,25)(H,26,27)/p-1. The summed E-state index contributed by atoms with van der Waals surface area (Å²) in [7, 11) is 2.94. The number of rotatable bonds is 9. The summed E-state index contributed by atoms with van der Waals surface area (Å²) in [5, 5.41) is 11.4. The molecule has 3 rings (SSSR count). The van der Waals surface area contributed by atoms with Crippen molar-refractivity contribution < 1.29 is 28.1 Å². The van der Waals surface area contributed by atoms with Crippen LogP contribution in [0.2, 0.25) is 0 Å². The number of hydrogen-bond acceptors (Lipinski definition) is 7. The Kier molecular flexibility index (Phi) is 7.18. The molecule has 0 aliphatic heterocycles. The van der Waals surface area contributed by atoms with Gasteiger partial charge in [-0.3, -0.25) is 4.21 Å². The fourth-order valence-corrected chi connectivity index (χ4v) is 4.27. The summed E-state index contributed by atoms with van der Waals surface area (Å²) in [6, 6.07) is 11.5. The molecule has 10 heteroatoms. The van der Waals surface area contributed by atoms with Crippen LogP contribution in [-0.2, 0) is 16.0 Å². The van der Waals surface area contributed by atoms with E-state index in [1.807, 2.05) is 24.3 Å². The predicted molar refractivity (Wildman–Crippen MR) is 119 cm³/mol. The van der Waals surface area contributed by atoms with Gasteiger partial charge >= 0.3 is 5.97 Å². The van der Waals surface area contributed by atoms with Crippen LogP contribution < -0.4 is 9.04 Å². The van der Waals surface area contributed by atoms with Crippen molar-refractivity contribution in [3.05, 3.63) is 65.6 Å². The molecule has 2 aromatic carbocycles. The predicted octanol–water partition coefficient (Wildman–Crippen LogP) is 4.11. The highest BCUT2D eigenvalue weighted by Crippen LogP contribution is 2.37. The highest BCUT2D eigenvalue weighted by molar-refractivity contribution is 7.81. The minimum absolute atomic E-state index is 0.0219. The summed E-state index contributed by atoms with van der Waals surface area (Å²) in [6.45, 7) is 4.39. The van der Waals surface area contributed by atoms with Gasteiger partial charge in [0.05, 0.1) is 36.2 Å². The van der Waals surface area contributed by atoms with Crippen LogP contribution in [0.25, 0.3) is 16.1 Å². The summed E-state index contributed by atoms with van der Waals surface area (Å²) in [4.78, 5) is 15.7. The first-order valence-electron chi connectivity index (χ1n) is 8.89. The number of carbonyl (C=O) groups is 1. The van der Waals surface area contributed by atoms with Crippen LogP contribution in [0.15, 0.2) is 54.4 Å². The molecule has 0 saturated carbocycles. The molecule has 0 spiro atoms.